The van der Waals surface area contributed by atoms with Gasteiger partial charge >= 0.3 is 0 Å². The molecule has 184 valence electrons. The molecule has 3 aliphatic carbocycles. The van der Waals surface area contributed by atoms with E-state index in [1.165, 1.54) is 66.9 Å². The van der Waals surface area contributed by atoms with E-state index in [2.05, 4.69) is 87.6 Å². The molecule has 6 atom stereocenters. The lowest BCUT2D eigenvalue weighted by Gasteiger charge is -2.54. The quantitative estimate of drug-likeness (QED) is 0.486. The van der Waals surface area contributed by atoms with Crippen LogP contribution in [-0.4, -0.2) is 22.8 Å². The van der Waals surface area contributed by atoms with E-state index in [9.17, 15) is 0 Å². The lowest BCUT2D eigenvalue weighted by molar-refractivity contribution is -0.136. The second kappa shape index (κ2) is 7.33. The third kappa shape index (κ3) is 3.22. The molecule has 35 heavy (non-hydrogen) atoms. The molecule has 1 N–H and O–H groups in total. The predicted molar refractivity (Wildman–Crippen MR) is 145 cm³/mol. The molecule has 2 bridgehead atoms. The second-order valence-electron chi connectivity index (χ2n) is 13.6. The fourth-order valence-electron chi connectivity index (χ4n) is 9.12. The topological polar surface area (TPSA) is 21.3 Å². The molecule has 2 nitrogen and oxygen atoms in total. The van der Waals surface area contributed by atoms with Crippen molar-refractivity contribution < 1.29 is 4.74 Å². The molecule has 1 saturated heterocycles. The van der Waals surface area contributed by atoms with E-state index >= 15 is 0 Å². The van der Waals surface area contributed by atoms with E-state index in [-0.39, 0.29) is 22.2 Å². The summed E-state index contributed by atoms with van der Waals surface area (Å²) < 4.78 is 7.48. The Morgan fingerprint density at radius 1 is 0.971 bits per heavy atom. The van der Waals surface area contributed by atoms with Gasteiger partial charge in [-0.2, -0.15) is 0 Å². The van der Waals surface area contributed by atoms with E-state index < -0.39 is 0 Å². The van der Waals surface area contributed by atoms with Gasteiger partial charge in [-0.1, -0.05) is 61.5 Å². The number of hydrogen-bond donors (Lipinski definition) is 1. The van der Waals surface area contributed by atoms with Crippen molar-refractivity contribution in [2.75, 3.05) is 0 Å². The van der Waals surface area contributed by atoms with Crippen molar-refractivity contribution in [2.45, 2.75) is 108 Å². The van der Waals surface area contributed by atoms with Gasteiger partial charge in [0.05, 0.1) is 11.2 Å². The summed E-state index contributed by atoms with van der Waals surface area (Å²) in [6.07, 6.45) is 14.9. The van der Waals surface area contributed by atoms with Gasteiger partial charge in [-0.25, -0.2) is 0 Å². The Bertz CT molecular complexity index is 1250. The van der Waals surface area contributed by atoms with Crippen LogP contribution in [0.25, 0.3) is 10.8 Å². The Morgan fingerprint density at radius 2 is 1.80 bits per heavy atom. The van der Waals surface area contributed by atoms with Gasteiger partial charge < -0.3 is 10.1 Å². The van der Waals surface area contributed by atoms with Crippen molar-refractivity contribution >= 4 is 10.8 Å². The van der Waals surface area contributed by atoms with Crippen LogP contribution >= 0.6 is 0 Å². The highest BCUT2D eigenvalue weighted by molar-refractivity contribution is 5.83. The fraction of sp³-hybridized carbons (Fsp3) is 0.576. The number of benzene rings is 2. The molecule has 2 saturated carbocycles. The molecule has 2 aromatic rings. The summed E-state index contributed by atoms with van der Waals surface area (Å²) in [7, 11) is 0. The number of nitrogens with one attached hydrogen (secondary N) is 1. The molecule has 2 heterocycles. The van der Waals surface area contributed by atoms with Crippen molar-refractivity contribution in [3.05, 3.63) is 71.3 Å². The van der Waals surface area contributed by atoms with Gasteiger partial charge in [-0.05, 0) is 117 Å². The lowest BCUT2D eigenvalue weighted by Crippen LogP contribution is -2.56. The van der Waals surface area contributed by atoms with Crippen LogP contribution in [0.15, 0.2) is 65.8 Å². The summed E-state index contributed by atoms with van der Waals surface area (Å²) in [5, 5.41) is 6.64. The largest absolute Gasteiger partial charge is 0.359 e. The van der Waals surface area contributed by atoms with Gasteiger partial charge in [0.1, 0.15) is 0 Å². The molecular weight excluding hydrogens is 426 g/mol. The summed E-state index contributed by atoms with van der Waals surface area (Å²) in [6, 6.07) is 16.6. The first-order valence-corrected chi connectivity index (χ1v) is 14.1. The molecule has 0 aromatic heterocycles. The number of ether oxygens (including phenoxy) is 1. The standard InChI is InChI=1S/C33H41NO/c1-30(2,3)34-27-12-11-25-20-26-15-16-31(4)28(24-10-9-22-7-5-6-8-23(22)19-24)13-14-29(31)33(26)18-17-32(25,21-27)35-33/h5-10,15,19-20,27-29,34H,11-14,16-18,21H2,1-4H3/t27-,28+,29+,31+,32+,33+/m0/s1. The molecule has 2 aliphatic heterocycles. The number of rotatable bonds is 2. The van der Waals surface area contributed by atoms with Crippen LogP contribution in [0.4, 0.5) is 0 Å². The van der Waals surface area contributed by atoms with Crippen molar-refractivity contribution in [1.82, 2.24) is 5.32 Å². The van der Waals surface area contributed by atoms with Gasteiger partial charge in [0.2, 0.25) is 0 Å². The van der Waals surface area contributed by atoms with Crippen LogP contribution < -0.4 is 5.32 Å². The zero-order valence-corrected chi connectivity index (χ0v) is 22.0. The third-order valence-electron chi connectivity index (χ3n) is 10.5. The number of allylic oxidation sites excluding steroid dienone is 1. The average molecular weight is 468 g/mol. The van der Waals surface area contributed by atoms with E-state index in [4.69, 9.17) is 4.74 Å². The Kier molecular flexibility index (Phi) is 4.67. The Morgan fingerprint density at radius 3 is 2.63 bits per heavy atom. The van der Waals surface area contributed by atoms with Gasteiger partial charge in [0.15, 0.2) is 0 Å². The van der Waals surface area contributed by atoms with Crippen LogP contribution in [0.3, 0.4) is 0 Å². The van der Waals surface area contributed by atoms with E-state index in [1.807, 2.05) is 0 Å². The number of fused-ring (bicyclic) bond motifs is 2. The minimum absolute atomic E-state index is 0.0300. The summed E-state index contributed by atoms with van der Waals surface area (Å²) >= 11 is 0. The van der Waals surface area contributed by atoms with Crippen molar-refractivity contribution in [3.63, 3.8) is 0 Å². The van der Waals surface area contributed by atoms with Gasteiger partial charge in [0, 0.05) is 11.6 Å². The summed E-state index contributed by atoms with van der Waals surface area (Å²) in [5.74, 6) is 1.22. The smallest absolute Gasteiger partial charge is 0.0974 e. The van der Waals surface area contributed by atoms with Gasteiger partial charge in [-0.3, -0.25) is 0 Å². The first kappa shape index (κ1) is 22.3. The first-order valence-electron chi connectivity index (χ1n) is 14.1. The third-order valence-corrected chi connectivity index (χ3v) is 10.5. The van der Waals surface area contributed by atoms with E-state index in [1.54, 1.807) is 5.57 Å². The summed E-state index contributed by atoms with van der Waals surface area (Å²) in [5.41, 5.74) is 4.99. The van der Waals surface area contributed by atoms with Gasteiger partial charge in [0.25, 0.3) is 0 Å². The minimum Gasteiger partial charge on any atom is -0.359 e. The molecule has 2 spiro atoms. The van der Waals surface area contributed by atoms with Crippen LogP contribution in [0.5, 0.6) is 0 Å². The maximum absolute atomic E-state index is 7.48. The fourth-order valence-corrected chi connectivity index (χ4v) is 9.12. The highest BCUT2D eigenvalue weighted by atomic mass is 16.5. The Hall–Kier alpha value is -1.90. The molecular formula is C33H41NO. The second-order valence-corrected chi connectivity index (χ2v) is 13.6. The molecule has 2 aromatic carbocycles. The van der Waals surface area contributed by atoms with Crippen molar-refractivity contribution in [1.29, 1.82) is 0 Å². The van der Waals surface area contributed by atoms with E-state index in [0.29, 0.717) is 17.9 Å². The van der Waals surface area contributed by atoms with Crippen LogP contribution in [0.1, 0.15) is 90.5 Å². The van der Waals surface area contributed by atoms with Crippen molar-refractivity contribution in [3.8, 4) is 0 Å². The molecule has 0 unspecified atom stereocenters. The van der Waals surface area contributed by atoms with Crippen LogP contribution in [-0.2, 0) is 4.74 Å². The highest BCUT2D eigenvalue weighted by Crippen LogP contribution is 2.69. The Labute approximate surface area is 211 Å². The average Bonchev–Trinajstić information content (AvgIpc) is 3.33. The molecule has 5 aliphatic rings. The lowest BCUT2D eigenvalue weighted by atomic mass is 9.58. The first-order chi connectivity index (χ1) is 16.7. The molecule has 7 rings (SSSR count). The van der Waals surface area contributed by atoms with E-state index in [0.717, 1.165) is 6.42 Å². The zero-order valence-electron chi connectivity index (χ0n) is 22.0. The van der Waals surface area contributed by atoms with Crippen LogP contribution in [0, 0.1) is 11.3 Å². The maximum Gasteiger partial charge on any atom is 0.0974 e. The summed E-state index contributed by atoms with van der Waals surface area (Å²) in [4.78, 5) is 0. The minimum atomic E-state index is -0.0638. The molecule has 3 fully saturated rings. The Balaban J connectivity index is 1.24. The highest BCUT2D eigenvalue weighted by Gasteiger charge is 2.66. The normalized spacial score (nSPS) is 40.1. The molecule has 2 heteroatoms. The molecule has 0 amide bonds. The maximum atomic E-state index is 7.48. The molecule has 0 radical (unpaired) electrons. The zero-order chi connectivity index (χ0) is 24.1. The van der Waals surface area contributed by atoms with Crippen molar-refractivity contribution in [2.24, 2.45) is 11.3 Å². The SMILES string of the molecule is CC(C)(C)N[C@H]1CCC2=CC3=CC[C@]4(C)[C@@H](c5ccc6ccccc6c5)CC[C@H]4[C@@]34CC[C@]2(C1)O4. The predicted octanol–water partition coefficient (Wildman–Crippen LogP) is 7.84. The number of hydrogen-bond acceptors (Lipinski definition) is 2. The van der Waals surface area contributed by atoms with Crippen LogP contribution in [0.2, 0.25) is 0 Å². The summed E-state index contributed by atoms with van der Waals surface area (Å²) in [6.45, 7) is 9.48. The van der Waals surface area contributed by atoms with Gasteiger partial charge in [-0.15, -0.1) is 0 Å². The monoisotopic (exact) mass is 467 g/mol.